The highest BCUT2D eigenvalue weighted by Crippen LogP contribution is 2.29. The first-order valence-corrected chi connectivity index (χ1v) is 10.5. The zero-order valence-corrected chi connectivity index (χ0v) is 17.5. The number of ketones is 1. The average molecular weight is 440 g/mol. The molecule has 4 aromatic rings. The normalized spacial score (nSPS) is 10.8. The number of hydrogen-bond donors (Lipinski definition) is 0. The topological polar surface area (TPSA) is 47.8 Å². The van der Waals surface area contributed by atoms with Crippen LogP contribution >= 0.6 is 35.0 Å². The third-order valence-corrected chi connectivity index (χ3v) is 5.68. The molecule has 7 heteroatoms. The van der Waals surface area contributed by atoms with Crippen molar-refractivity contribution in [1.82, 2.24) is 14.8 Å². The SMILES string of the molecule is O=C(CSc1nnc(-c2ccccc2)n1-c1ccc(Cl)cc1)c1ccc(Cl)cc1. The van der Waals surface area contributed by atoms with E-state index in [0.717, 1.165) is 11.3 Å². The quantitative estimate of drug-likeness (QED) is 0.264. The Morgan fingerprint density at radius 2 is 1.45 bits per heavy atom. The van der Waals surface area contributed by atoms with E-state index in [1.165, 1.54) is 11.8 Å². The van der Waals surface area contributed by atoms with E-state index in [-0.39, 0.29) is 11.5 Å². The van der Waals surface area contributed by atoms with Gasteiger partial charge in [-0.25, -0.2) is 0 Å². The minimum atomic E-state index is -0.00131. The molecule has 4 rings (SSSR count). The van der Waals surface area contributed by atoms with Crippen LogP contribution in [-0.4, -0.2) is 26.3 Å². The Bertz CT molecular complexity index is 1130. The first-order valence-electron chi connectivity index (χ1n) is 8.80. The number of rotatable bonds is 6. The Balaban J connectivity index is 1.66. The van der Waals surface area contributed by atoms with Gasteiger partial charge in [0.25, 0.3) is 0 Å². The minimum Gasteiger partial charge on any atom is -0.293 e. The van der Waals surface area contributed by atoms with Crippen LogP contribution in [0.5, 0.6) is 0 Å². The van der Waals surface area contributed by atoms with Crippen LogP contribution in [0.15, 0.2) is 84.0 Å². The number of carbonyl (C=O) groups is 1. The van der Waals surface area contributed by atoms with Gasteiger partial charge in [0.15, 0.2) is 16.8 Å². The van der Waals surface area contributed by atoms with Gasteiger partial charge in [0.05, 0.1) is 5.75 Å². The number of nitrogens with zero attached hydrogens (tertiary/aromatic N) is 3. The van der Waals surface area contributed by atoms with Crippen LogP contribution in [0, 0.1) is 0 Å². The molecule has 0 radical (unpaired) electrons. The van der Waals surface area contributed by atoms with Gasteiger partial charge < -0.3 is 0 Å². The molecule has 0 saturated carbocycles. The fraction of sp³-hybridized carbons (Fsp3) is 0.0455. The largest absolute Gasteiger partial charge is 0.293 e. The van der Waals surface area contributed by atoms with Crippen molar-refractivity contribution in [1.29, 1.82) is 0 Å². The van der Waals surface area contributed by atoms with E-state index in [9.17, 15) is 4.79 Å². The summed E-state index contributed by atoms with van der Waals surface area (Å²) < 4.78 is 1.94. The molecule has 1 aromatic heterocycles. The number of aromatic nitrogens is 3. The summed E-state index contributed by atoms with van der Waals surface area (Å²) >= 11 is 13.3. The maximum atomic E-state index is 12.6. The van der Waals surface area contributed by atoms with Crippen LogP contribution in [-0.2, 0) is 0 Å². The third kappa shape index (κ3) is 4.53. The Morgan fingerprint density at radius 3 is 2.10 bits per heavy atom. The zero-order chi connectivity index (χ0) is 20.2. The van der Waals surface area contributed by atoms with E-state index in [1.807, 2.05) is 59.2 Å². The van der Waals surface area contributed by atoms with Crippen LogP contribution in [0.25, 0.3) is 17.1 Å². The number of halogens is 2. The van der Waals surface area contributed by atoms with E-state index < -0.39 is 0 Å². The molecule has 1 heterocycles. The standard InChI is InChI=1S/C22H15Cl2N3OS/c23-17-8-6-15(7-9-17)20(28)14-29-22-26-25-21(16-4-2-1-3-5-16)27(22)19-12-10-18(24)11-13-19/h1-13H,14H2. The van der Waals surface area contributed by atoms with Crippen molar-refractivity contribution in [2.24, 2.45) is 0 Å². The van der Waals surface area contributed by atoms with Crippen LogP contribution in [0.1, 0.15) is 10.4 Å². The van der Waals surface area contributed by atoms with Gasteiger partial charge in [-0.3, -0.25) is 9.36 Å². The fourth-order valence-corrected chi connectivity index (χ4v) is 3.91. The number of carbonyl (C=O) groups excluding carboxylic acids is 1. The van der Waals surface area contributed by atoms with Gasteiger partial charge >= 0.3 is 0 Å². The molecule has 0 saturated heterocycles. The second kappa shape index (κ2) is 8.82. The van der Waals surface area contributed by atoms with Crippen LogP contribution < -0.4 is 0 Å². The molecule has 144 valence electrons. The van der Waals surface area contributed by atoms with Gasteiger partial charge in [-0.2, -0.15) is 0 Å². The summed E-state index contributed by atoms with van der Waals surface area (Å²) in [7, 11) is 0. The van der Waals surface area contributed by atoms with Crippen LogP contribution in [0.4, 0.5) is 0 Å². The van der Waals surface area contributed by atoms with E-state index in [4.69, 9.17) is 23.2 Å². The highest BCUT2D eigenvalue weighted by atomic mass is 35.5. The lowest BCUT2D eigenvalue weighted by Crippen LogP contribution is -2.05. The molecule has 0 amide bonds. The molecule has 0 atom stereocenters. The summed E-state index contributed by atoms with van der Waals surface area (Å²) in [5.41, 5.74) is 2.42. The van der Waals surface area contributed by atoms with Gasteiger partial charge in [-0.15, -0.1) is 10.2 Å². The molecule has 29 heavy (non-hydrogen) atoms. The first kappa shape index (κ1) is 19.7. The highest BCUT2D eigenvalue weighted by Gasteiger charge is 2.17. The van der Waals surface area contributed by atoms with Crippen molar-refractivity contribution in [3.8, 4) is 17.1 Å². The average Bonchev–Trinajstić information content (AvgIpc) is 3.17. The smallest absolute Gasteiger partial charge is 0.196 e. The second-order valence-electron chi connectivity index (χ2n) is 6.20. The summed E-state index contributed by atoms with van der Waals surface area (Å²) in [6.45, 7) is 0. The summed E-state index contributed by atoms with van der Waals surface area (Å²) in [4.78, 5) is 12.6. The molecular formula is C22H15Cl2N3OS. The molecule has 0 unspecified atom stereocenters. The summed E-state index contributed by atoms with van der Waals surface area (Å²) in [6, 6.07) is 24.1. The Morgan fingerprint density at radius 1 is 0.828 bits per heavy atom. The molecule has 4 nitrogen and oxygen atoms in total. The summed E-state index contributed by atoms with van der Waals surface area (Å²) in [5, 5.41) is 10.6. The molecule has 0 aliphatic carbocycles. The van der Waals surface area contributed by atoms with Crippen molar-refractivity contribution < 1.29 is 4.79 Å². The van der Waals surface area contributed by atoms with Gasteiger partial charge in [0.1, 0.15) is 0 Å². The number of thioether (sulfide) groups is 1. The zero-order valence-electron chi connectivity index (χ0n) is 15.1. The molecule has 0 fully saturated rings. The molecule has 0 bridgehead atoms. The molecule has 0 aliphatic heterocycles. The Kier molecular flexibility index (Phi) is 6.00. The lowest BCUT2D eigenvalue weighted by molar-refractivity contribution is 0.102. The minimum absolute atomic E-state index is 0.00131. The van der Waals surface area contributed by atoms with Crippen molar-refractivity contribution >= 4 is 40.7 Å². The van der Waals surface area contributed by atoms with Gasteiger partial charge in [-0.1, -0.05) is 65.3 Å². The van der Waals surface area contributed by atoms with Crippen molar-refractivity contribution in [2.75, 3.05) is 5.75 Å². The van der Waals surface area contributed by atoms with E-state index >= 15 is 0 Å². The molecular weight excluding hydrogens is 425 g/mol. The molecule has 0 aliphatic rings. The fourth-order valence-electron chi connectivity index (χ4n) is 2.81. The van der Waals surface area contributed by atoms with Crippen LogP contribution in [0.3, 0.4) is 0 Å². The van der Waals surface area contributed by atoms with E-state index in [2.05, 4.69) is 10.2 Å². The lowest BCUT2D eigenvalue weighted by atomic mass is 10.1. The van der Waals surface area contributed by atoms with Gasteiger partial charge in [0, 0.05) is 26.9 Å². The maximum absolute atomic E-state index is 12.6. The maximum Gasteiger partial charge on any atom is 0.196 e. The lowest BCUT2D eigenvalue weighted by Gasteiger charge is -2.10. The van der Waals surface area contributed by atoms with E-state index in [1.54, 1.807) is 24.3 Å². The van der Waals surface area contributed by atoms with E-state index in [0.29, 0.717) is 26.6 Å². The summed E-state index contributed by atoms with van der Waals surface area (Å²) in [6.07, 6.45) is 0. The first-order chi connectivity index (χ1) is 14.1. The van der Waals surface area contributed by atoms with Crippen molar-refractivity contribution in [2.45, 2.75) is 5.16 Å². The number of benzene rings is 3. The Labute approximate surface area is 182 Å². The molecule has 0 N–H and O–H groups in total. The van der Waals surface area contributed by atoms with Gasteiger partial charge in [0.2, 0.25) is 0 Å². The highest BCUT2D eigenvalue weighted by molar-refractivity contribution is 7.99. The van der Waals surface area contributed by atoms with Gasteiger partial charge in [-0.05, 0) is 48.5 Å². The summed E-state index contributed by atoms with van der Waals surface area (Å²) in [5.74, 6) is 0.940. The Hall–Kier alpha value is -2.60. The van der Waals surface area contributed by atoms with Crippen LogP contribution in [0.2, 0.25) is 10.0 Å². The van der Waals surface area contributed by atoms with Crippen molar-refractivity contribution in [3.63, 3.8) is 0 Å². The second-order valence-corrected chi connectivity index (χ2v) is 8.02. The number of hydrogen-bond acceptors (Lipinski definition) is 4. The molecule has 0 spiro atoms. The molecule has 3 aromatic carbocycles. The number of Topliss-reactive ketones (excluding diaryl/α,β-unsaturated/α-hetero) is 1. The monoisotopic (exact) mass is 439 g/mol. The van der Waals surface area contributed by atoms with Crippen molar-refractivity contribution in [3.05, 3.63) is 94.5 Å². The predicted molar refractivity (Wildman–Crippen MR) is 118 cm³/mol. The third-order valence-electron chi connectivity index (χ3n) is 4.25. The predicted octanol–water partition coefficient (Wildman–Crippen LogP) is 6.22.